The van der Waals surface area contributed by atoms with E-state index in [0.717, 1.165) is 25.3 Å². The first-order valence-corrected chi connectivity index (χ1v) is 9.29. The van der Waals surface area contributed by atoms with E-state index in [-0.39, 0.29) is 0 Å². The molecular weight excluding hydrogens is 294 g/mol. The van der Waals surface area contributed by atoms with Crippen molar-refractivity contribution in [1.82, 2.24) is 5.32 Å². The Morgan fingerprint density at radius 3 is 2.29 bits per heavy atom. The molecule has 0 saturated carbocycles. The molecule has 0 aliphatic carbocycles. The minimum atomic E-state index is 0.327. The maximum Gasteiger partial charge on any atom is 0.119 e. The molecule has 2 aromatic carbocycles. The molecule has 130 valence electrons. The molecule has 0 fully saturated rings. The minimum absolute atomic E-state index is 0.327. The van der Waals surface area contributed by atoms with Crippen LogP contribution in [0.3, 0.4) is 0 Å². The van der Waals surface area contributed by atoms with Crippen molar-refractivity contribution >= 4 is 0 Å². The summed E-state index contributed by atoms with van der Waals surface area (Å²) in [6, 6.07) is 19.3. The fourth-order valence-corrected chi connectivity index (χ4v) is 2.73. The largest absolute Gasteiger partial charge is 0.494 e. The Morgan fingerprint density at radius 2 is 1.58 bits per heavy atom. The third kappa shape index (κ3) is 6.76. The van der Waals surface area contributed by atoms with Crippen LogP contribution in [0.2, 0.25) is 0 Å². The van der Waals surface area contributed by atoms with Crippen LogP contribution >= 0.6 is 0 Å². The van der Waals surface area contributed by atoms with E-state index in [9.17, 15) is 0 Å². The van der Waals surface area contributed by atoms with Gasteiger partial charge in [-0.1, -0.05) is 75.1 Å². The summed E-state index contributed by atoms with van der Waals surface area (Å²) in [5.41, 5.74) is 2.61. The lowest BCUT2D eigenvalue weighted by Gasteiger charge is -2.15. The van der Waals surface area contributed by atoms with Gasteiger partial charge >= 0.3 is 0 Å². The van der Waals surface area contributed by atoms with E-state index in [2.05, 4.69) is 73.8 Å². The van der Waals surface area contributed by atoms with Gasteiger partial charge < -0.3 is 10.1 Å². The summed E-state index contributed by atoms with van der Waals surface area (Å²) in [7, 11) is 0. The molecule has 2 heteroatoms. The molecule has 0 spiro atoms. The van der Waals surface area contributed by atoms with Gasteiger partial charge in [-0.25, -0.2) is 0 Å². The van der Waals surface area contributed by atoms with Gasteiger partial charge in [0.1, 0.15) is 5.75 Å². The van der Waals surface area contributed by atoms with E-state index in [0.29, 0.717) is 6.04 Å². The number of hydrogen-bond acceptors (Lipinski definition) is 2. The first-order chi connectivity index (χ1) is 11.8. The molecule has 2 nitrogen and oxygen atoms in total. The summed E-state index contributed by atoms with van der Waals surface area (Å²) >= 11 is 0. The van der Waals surface area contributed by atoms with Crippen molar-refractivity contribution in [2.45, 2.75) is 58.5 Å². The molecule has 0 heterocycles. The third-order valence-electron chi connectivity index (χ3n) is 4.35. The van der Waals surface area contributed by atoms with E-state index in [4.69, 9.17) is 4.74 Å². The van der Waals surface area contributed by atoms with Crippen LogP contribution in [0.1, 0.15) is 63.1 Å². The second kappa shape index (κ2) is 10.9. The molecule has 0 radical (unpaired) electrons. The Bertz CT molecular complexity index is 550. The quantitative estimate of drug-likeness (QED) is 0.520. The average molecular weight is 325 g/mol. The van der Waals surface area contributed by atoms with Gasteiger partial charge in [0.05, 0.1) is 6.61 Å². The van der Waals surface area contributed by atoms with Crippen LogP contribution < -0.4 is 10.1 Å². The number of ether oxygens (including phenoxy) is 1. The van der Waals surface area contributed by atoms with Gasteiger partial charge in [0.25, 0.3) is 0 Å². The monoisotopic (exact) mass is 325 g/mol. The predicted octanol–water partition coefficient (Wildman–Crippen LogP) is 5.89. The number of benzene rings is 2. The van der Waals surface area contributed by atoms with E-state index >= 15 is 0 Å². The molecule has 0 saturated heterocycles. The third-order valence-corrected chi connectivity index (χ3v) is 4.35. The predicted molar refractivity (Wildman–Crippen MR) is 102 cm³/mol. The number of hydrogen-bond donors (Lipinski definition) is 1. The van der Waals surface area contributed by atoms with Crippen molar-refractivity contribution in [1.29, 1.82) is 0 Å². The number of rotatable bonds is 11. The average Bonchev–Trinajstić information content (AvgIpc) is 2.64. The highest BCUT2D eigenvalue weighted by Gasteiger charge is 2.05. The summed E-state index contributed by atoms with van der Waals surface area (Å²) in [5.74, 6) is 0.976. The smallest absolute Gasteiger partial charge is 0.119 e. The van der Waals surface area contributed by atoms with Crippen LogP contribution in [0, 0.1) is 0 Å². The Morgan fingerprint density at radius 1 is 0.875 bits per heavy atom. The molecule has 2 rings (SSSR count). The zero-order chi connectivity index (χ0) is 17.0. The highest BCUT2D eigenvalue weighted by molar-refractivity contribution is 5.29. The molecule has 1 unspecified atom stereocenters. The molecule has 0 aromatic heterocycles. The van der Waals surface area contributed by atoms with E-state index in [1.165, 1.54) is 36.8 Å². The van der Waals surface area contributed by atoms with Crippen LogP contribution in [0.15, 0.2) is 54.6 Å². The molecule has 0 aliphatic rings. The molecule has 0 bridgehead atoms. The van der Waals surface area contributed by atoms with Gasteiger partial charge in [-0.3, -0.25) is 0 Å². The zero-order valence-electron chi connectivity index (χ0n) is 15.1. The first-order valence-electron chi connectivity index (χ1n) is 9.29. The highest BCUT2D eigenvalue weighted by Crippen LogP contribution is 2.18. The second-order valence-electron chi connectivity index (χ2n) is 6.42. The number of unbranched alkanes of at least 4 members (excludes halogenated alkanes) is 4. The zero-order valence-corrected chi connectivity index (χ0v) is 15.1. The van der Waals surface area contributed by atoms with E-state index in [1.54, 1.807) is 0 Å². The molecule has 1 N–H and O–H groups in total. The van der Waals surface area contributed by atoms with E-state index < -0.39 is 0 Å². The van der Waals surface area contributed by atoms with Gasteiger partial charge in [-0.15, -0.1) is 0 Å². The summed E-state index contributed by atoms with van der Waals surface area (Å²) in [4.78, 5) is 0. The normalized spacial score (nSPS) is 12.1. The van der Waals surface area contributed by atoms with Crippen LogP contribution in [-0.4, -0.2) is 6.61 Å². The molecule has 1 atom stereocenters. The Kier molecular flexibility index (Phi) is 8.40. The number of nitrogens with one attached hydrogen (secondary N) is 1. The molecule has 0 aliphatic heterocycles. The second-order valence-corrected chi connectivity index (χ2v) is 6.42. The van der Waals surface area contributed by atoms with Crippen molar-refractivity contribution in [3.8, 4) is 5.75 Å². The topological polar surface area (TPSA) is 21.3 Å². The Balaban J connectivity index is 1.70. The lowest BCUT2D eigenvalue weighted by molar-refractivity contribution is 0.304. The fraction of sp³-hybridized carbons (Fsp3) is 0.455. The molecule has 24 heavy (non-hydrogen) atoms. The van der Waals surface area contributed by atoms with Gasteiger partial charge in [-0.2, -0.15) is 0 Å². The van der Waals surface area contributed by atoms with Gasteiger partial charge in [0.15, 0.2) is 0 Å². The summed E-state index contributed by atoms with van der Waals surface area (Å²) in [5, 5.41) is 3.57. The Hall–Kier alpha value is -1.80. The molecule has 0 amide bonds. The van der Waals surface area contributed by atoms with Crippen molar-refractivity contribution in [2.24, 2.45) is 0 Å². The maximum atomic E-state index is 5.83. The van der Waals surface area contributed by atoms with Gasteiger partial charge in [-0.05, 0) is 36.6 Å². The van der Waals surface area contributed by atoms with E-state index in [1.807, 2.05) is 0 Å². The van der Waals surface area contributed by atoms with Crippen molar-refractivity contribution < 1.29 is 4.74 Å². The summed E-state index contributed by atoms with van der Waals surface area (Å²) in [6.07, 6.45) is 6.37. The fourth-order valence-electron chi connectivity index (χ4n) is 2.73. The Labute approximate surface area is 147 Å². The van der Waals surface area contributed by atoms with Crippen molar-refractivity contribution in [3.05, 3.63) is 65.7 Å². The van der Waals surface area contributed by atoms with Crippen LogP contribution in [0.4, 0.5) is 0 Å². The van der Waals surface area contributed by atoms with Crippen LogP contribution in [0.25, 0.3) is 0 Å². The first kappa shape index (κ1) is 18.5. The van der Waals surface area contributed by atoms with Crippen LogP contribution in [0.5, 0.6) is 5.75 Å². The van der Waals surface area contributed by atoms with Gasteiger partial charge in [0.2, 0.25) is 0 Å². The SMILES string of the molecule is CCCCCCCOc1ccc(C(C)NCc2ccccc2)cc1. The van der Waals surface area contributed by atoms with Crippen molar-refractivity contribution in [3.63, 3.8) is 0 Å². The summed E-state index contributed by atoms with van der Waals surface area (Å²) < 4.78 is 5.83. The minimum Gasteiger partial charge on any atom is -0.494 e. The summed E-state index contributed by atoms with van der Waals surface area (Å²) in [6.45, 7) is 6.16. The lowest BCUT2D eigenvalue weighted by Crippen LogP contribution is -2.17. The van der Waals surface area contributed by atoms with Crippen molar-refractivity contribution in [2.75, 3.05) is 6.61 Å². The van der Waals surface area contributed by atoms with Gasteiger partial charge in [0, 0.05) is 12.6 Å². The lowest BCUT2D eigenvalue weighted by atomic mass is 10.1. The van der Waals surface area contributed by atoms with Crippen LogP contribution in [-0.2, 0) is 6.54 Å². The highest BCUT2D eigenvalue weighted by atomic mass is 16.5. The molecular formula is C22H31NO. The maximum absolute atomic E-state index is 5.83. The standard InChI is InChI=1S/C22H31NO/c1-3-4-5-6-10-17-24-22-15-13-21(14-16-22)19(2)23-18-20-11-8-7-9-12-20/h7-9,11-16,19,23H,3-6,10,17-18H2,1-2H3. The molecule has 2 aromatic rings.